The van der Waals surface area contributed by atoms with E-state index >= 15 is 0 Å². The molecule has 1 atom stereocenters. The number of hydrogen-bond donors (Lipinski definition) is 1. The quantitative estimate of drug-likeness (QED) is 0.459. The lowest BCUT2D eigenvalue weighted by atomic mass is 10.1. The minimum Gasteiger partial charge on any atom is -0.240 e. The number of nitrogens with one attached hydrogen (secondary N) is 1. The van der Waals surface area contributed by atoms with Crippen LogP contribution in [0.3, 0.4) is 0 Å². The van der Waals surface area contributed by atoms with Gasteiger partial charge in [-0.15, -0.1) is 0 Å². The van der Waals surface area contributed by atoms with Crippen LogP contribution >= 0.6 is 0 Å². The van der Waals surface area contributed by atoms with Crippen LogP contribution in [0.5, 0.6) is 0 Å². The van der Waals surface area contributed by atoms with Gasteiger partial charge in [-0.2, -0.15) is 5.43 Å². The first-order valence-corrected chi connectivity index (χ1v) is 2.79. The summed E-state index contributed by atoms with van der Waals surface area (Å²) in [5.41, 5.74) is 6.94. The van der Waals surface area contributed by atoms with Crippen LogP contribution in [0.15, 0.2) is 0 Å². The summed E-state index contributed by atoms with van der Waals surface area (Å²) in [6.45, 7) is 4.31. The Morgan fingerprint density at radius 1 is 1.71 bits per heavy atom. The Morgan fingerprint density at radius 2 is 2.57 bits per heavy atom. The molecule has 1 heterocycles. The van der Waals surface area contributed by atoms with E-state index in [4.69, 9.17) is 0 Å². The Morgan fingerprint density at radius 3 is 2.86 bits per heavy atom. The number of rotatable bonds is 0. The van der Waals surface area contributed by atoms with Crippen molar-refractivity contribution in [1.82, 2.24) is 10.9 Å². The molecule has 1 radical (unpaired) electrons. The van der Waals surface area contributed by atoms with E-state index in [0.717, 1.165) is 19.0 Å². The smallest absolute Gasteiger partial charge is 0.0307 e. The zero-order chi connectivity index (χ0) is 5.11. The summed E-state index contributed by atoms with van der Waals surface area (Å²) >= 11 is 0. The lowest BCUT2D eigenvalue weighted by Crippen LogP contribution is -2.36. The van der Waals surface area contributed by atoms with Crippen molar-refractivity contribution in [2.75, 3.05) is 13.1 Å². The number of nitrogens with zero attached hydrogens (tertiary/aromatic N) is 1. The van der Waals surface area contributed by atoms with Gasteiger partial charge in [-0.1, -0.05) is 6.92 Å². The largest absolute Gasteiger partial charge is 0.240 e. The van der Waals surface area contributed by atoms with Crippen LogP contribution in [-0.2, 0) is 0 Å². The second kappa shape index (κ2) is 2.28. The van der Waals surface area contributed by atoms with E-state index in [1.54, 1.807) is 0 Å². The highest BCUT2D eigenvalue weighted by Gasteiger charge is 2.05. The van der Waals surface area contributed by atoms with Crippen LogP contribution in [0, 0.1) is 5.92 Å². The molecule has 0 aromatic rings. The third-order valence-corrected chi connectivity index (χ3v) is 1.29. The van der Waals surface area contributed by atoms with Crippen molar-refractivity contribution in [3.8, 4) is 0 Å². The van der Waals surface area contributed by atoms with Crippen LogP contribution in [0.4, 0.5) is 0 Å². The lowest BCUT2D eigenvalue weighted by Gasteiger charge is -2.16. The molecule has 0 amide bonds. The third-order valence-electron chi connectivity index (χ3n) is 1.29. The maximum Gasteiger partial charge on any atom is 0.0307 e. The summed E-state index contributed by atoms with van der Waals surface area (Å²) in [6, 6.07) is 0. The van der Waals surface area contributed by atoms with Gasteiger partial charge in [0.15, 0.2) is 0 Å². The molecule has 41 valence electrons. The van der Waals surface area contributed by atoms with Crippen molar-refractivity contribution in [3.63, 3.8) is 0 Å². The fourth-order valence-corrected chi connectivity index (χ4v) is 0.686. The zero-order valence-electron chi connectivity index (χ0n) is 4.65. The molecule has 0 spiro atoms. The third kappa shape index (κ3) is 1.45. The molecular formula is C5H11N2. The molecule has 7 heavy (non-hydrogen) atoms. The molecule has 0 aromatic heterocycles. The molecule has 1 unspecified atom stereocenters. The predicted octanol–water partition coefficient (Wildman–Crippen LogP) is 0.135. The molecule has 2 nitrogen and oxygen atoms in total. The highest BCUT2D eigenvalue weighted by atomic mass is 15.4. The van der Waals surface area contributed by atoms with Crippen molar-refractivity contribution in [2.24, 2.45) is 5.92 Å². The van der Waals surface area contributed by atoms with E-state index in [2.05, 4.69) is 17.8 Å². The maximum atomic E-state index is 3.98. The van der Waals surface area contributed by atoms with Crippen molar-refractivity contribution in [2.45, 2.75) is 13.3 Å². The molecule has 1 N–H and O–H groups in total. The van der Waals surface area contributed by atoms with Gasteiger partial charge in [-0.25, -0.2) is 5.43 Å². The van der Waals surface area contributed by atoms with E-state index in [1.165, 1.54) is 6.42 Å². The summed E-state index contributed by atoms with van der Waals surface area (Å²) < 4.78 is 0. The van der Waals surface area contributed by atoms with E-state index in [1.807, 2.05) is 0 Å². The summed E-state index contributed by atoms with van der Waals surface area (Å²) in [5.74, 6) is 0.831. The van der Waals surface area contributed by atoms with Gasteiger partial charge in [0.25, 0.3) is 0 Å². The molecule has 0 bridgehead atoms. The van der Waals surface area contributed by atoms with Crippen LogP contribution in [-0.4, -0.2) is 13.1 Å². The maximum absolute atomic E-state index is 3.98. The summed E-state index contributed by atoms with van der Waals surface area (Å²) in [5, 5.41) is 0. The molecule has 1 rings (SSSR count). The van der Waals surface area contributed by atoms with Crippen LogP contribution in [0.1, 0.15) is 13.3 Å². The SMILES string of the molecule is CC1CC[N]NC1. The molecule has 1 aliphatic rings. The van der Waals surface area contributed by atoms with Gasteiger partial charge in [-0.3, -0.25) is 0 Å². The Balaban J connectivity index is 2.12. The van der Waals surface area contributed by atoms with Crippen molar-refractivity contribution in [3.05, 3.63) is 0 Å². The van der Waals surface area contributed by atoms with Crippen molar-refractivity contribution < 1.29 is 0 Å². The van der Waals surface area contributed by atoms with Gasteiger partial charge < -0.3 is 0 Å². The Bertz CT molecular complexity index is 48.0. The first-order valence-electron chi connectivity index (χ1n) is 2.79. The van der Waals surface area contributed by atoms with Crippen molar-refractivity contribution >= 4 is 0 Å². The highest BCUT2D eigenvalue weighted by Crippen LogP contribution is 2.00. The molecule has 0 aliphatic carbocycles. The van der Waals surface area contributed by atoms with Gasteiger partial charge in [0, 0.05) is 13.1 Å². The molecule has 0 saturated carbocycles. The van der Waals surface area contributed by atoms with Gasteiger partial charge in [0.05, 0.1) is 0 Å². The molecule has 0 aromatic carbocycles. The van der Waals surface area contributed by atoms with Gasteiger partial charge in [-0.05, 0) is 12.3 Å². The fraction of sp³-hybridized carbons (Fsp3) is 1.00. The fourth-order valence-electron chi connectivity index (χ4n) is 0.686. The highest BCUT2D eigenvalue weighted by molar-refractivity contribution is 4.60. The molecule has 1 aliphatic heterocycles. The lowest BCUT2D eigenvalue weighted by molar-refractivity contribution is 0.349. The first-order chi connectivity index (χ1) is 3.39. The number of hydrogen-bond acceptors (Lipinski definition) is 1. The van der Waals surface area contributed by atoms with Crippen molar-refractivity contribution in [1.29, 1.82) is 0 Å². The molecular weight excluding hydrogens is 88.1 g/mol. The average molecular weight is 99.2 g/mol. The Labute approximate surface area is 44.3 Å². The predicted molar refractivity (Wildman–Crippen MR) is 28.8 cm³/mol. The van der Waals surface area contributed by atoms with Gasteiger partial charge in [0.1, 0.15) is 0 Å². The first kappa shape index (κ1) is 5.06. The molecule has 1 saturated heterocycles. The summed E-state index contributed by atoms with van der Waals surface area (Å²) in [7, 11) is 0. The van der Waals surface area contributed by atoms with Crippen LogP contribution in [0.2, 0.25) is 0 Å². The Hall–Kier alpha value is -0.0800. The van der Waals surface area contributed by atoms with Gasteiger partial charge >= 0.3 is 0 Å². The minimum absolute atomic E-state index is 0.831. The van der Waals surface area contributed by atoms with E-state index in [0.29, 0.717) is 0 Å². The molecule has 1 fully saturated rings. The van der Waals surface area contributed by atoms with Crippen LogP contribution < -0.4 is 10.9 Å². The zero-order valence-corrected chi connectivity index (χ0v) is 4.65. The van der Waals surface area contributed by atoms with E-state index in [9.17, 15) is 0 Å². The minimum atomic E-state index is 0.831. The standard InChI is InChI=1S/C5H11N2/c1-5-2-3-6-7-4-5/h5,7H,2-4H2,1H3. The second-order valence-electron chi connectivity index (χ2n) is 2.14. The monoisotopic (exact) mass is 99.1 g/mol. The normalized spacial score (nSPS) is 33.0. The van der Waals surface area contributed by atoms with E-state index < -0.39 is 0 Å². The topological polar surface area (TPSA) is 26.1 Å². The average Bonchev–Trinajstić information content (AvgIpc) is 1.69. The molecule has 2 heteroatoms. The van der Waals surface area contributed by atoms with E-state index in [-0.39, 0.29) is 0 Å². The van der Waals surface area contributed by atoms with Crippen LogP contribution in [0.25, 0.3) is 0 Å². The summed E-state index contributed by atoms with van der Waals surface area (Å²) in [6.07, 6.45) is 1.26. The second-order valence-corrected chi connectivity index (χ2v) is 2.14. The summed E-state index contributed by atoms with van der Waals surface area (Å²) in [4.78, 5) is 0. The van der Waals surface area contributed by atoms with Gasteiger partial charge in [0.2, 0.25) is 0 Å². The Kier molecular flexibility index (Phi) is 1.65.